The zero-order valence-electron chi connectivity index (χ0n) is 12.1. The van der Waals surface area contributed by atoms with Gasteiger partial charge in [-0.25, -0.2) is 4.98 Å². The Bertz CT molecular complexity index is 443. The Balaban J connectivity index is 1.69. The molecule has 0 radical (unpaired) electrons. The number of aromatic nitrogens is 1. The summed E-state index contributed by atoms with van der Waals surface area (Å²) in [4.78, 5) is 17.3. The fraction of sp³-hybridized carbons (Fsp3) is 0.714. The van der Waals surface area contributed by atoms with Crippen molar-refractivity contribution in [2.75, 3.05) is 13.1 Å². The predicted molar refractivity (Wildman–Crippen MR) is 80.0 cm³/mol. The number of nitrogens with zero attached hydrogens (tertiary/aromatic N) is 2. The minimum atomic E-state index is -0.738. The molecule has 6 heteroatoms. The van der Waals surface area contributed by atoms with E-state index in [1.54, 1.807) is 11.3 Å². The van der Waals surface area contributed by atoms with E-state index >= 15 is 0 Å². The average Bonchev–Trinajstić information content (AvgIpc) is 2.82. The molecule has 0 atom stereocenters. The lowest BCUT2D eigenvalue weighted by Crippen LogP contribution is -2.53. The predicted octanol–water partition coefficient (Wildman–Crippen LogP) is 1.73. The summed E-state index contributed by atoms with van der Waals surface area (Å²) in [5.74, 6) is -0.738. The van der Waals surface area contributed by atoms with Gasteiger partial charge >= 0.3 is 5.97 Å². The zero-order valence-corrected chi connectivity index (χ0v) is 12.9. The quantitative estimate of drug-likeness (QED) is 0.765. The van der Waals surface area contributed by atoms with Gasteiger partial charge in [-0.1, -0.05) is 13.8 Å². The maximum atomic E-state index is 10.8. The van der Waals surface area contributed by atoms with E-state index in [9.17, 15) is 4.79 Å². The normalized spacial score (nSPS) is 21.9. The first-order chi connectivity index (χ1) is 9.62. The lowest BCUT2D eigenvalue weighted by molar-refractivity contribution is -0.139. The summed E-state index contributed by atoms with van der Waals surface area (Å²) in [6.07, 6.45) is 3.06. The molecule has 5 nitrogen and oxygen atoms in total. The second kappa shape index (κ2) is 7.15. The van der Waals surface area contributed by atoms with E-state index in [2.05, 4.69) is 22.6 Å². The number of thiazole rings is 1. The van der Waals surface area contributed by atoms with Crippen LogP contribution in [0.2, 0.25) is 0 Å². The molecule has 1 saturated carbocycles. The minimum Gasteiger partial charge on any atom is -0.480 e. The highest BCUT2D eigenvalue weighted by Crippen LogP contribution is 2.26. The van der Waals surface area contributed by atoms with Crippen molar-refractivity contribution in [2.24, 2.45) is 0 Å². The number of nitrogens with one attached hydrogen (secondary N) is 1. The molecule has 2 N–H and O–H groups in total. The van der Waals surface area contributed by atoms with Gasteiger partial charge in [-0.2, -0.15) is 0 Å². The summed E-state index contributed by atoms with van der Waals surface area (Å²) >= 11 is 1.72. The van der Waals surface area contributed by atoms with Crippen LogP contribution >= 0.6 is 11.3 Å². The van der Waals surface area contributed by atoms with E-state index in [-0.39, 0.29) is 6.54 Å². The summed E-state index contributed by atoms with van der Waals surface area (Å²) in [6.45, 7) is 5.91. The van der Waals surface area contributed by atoms with Gasteiger partial charge in [0.15, 0.2) is 0 Å². The Morgan fingerprint density at radius 3 is 2.85 bits per heavy atom. The van der Waals surface area contributed by atoms with Crippen LogP contribution in [0.3, 0.4) is 0 Å². The van der Waals surface area contributed by atoms with Crippen molar-refractivity contribution >= 4 is 17.3 Å². The highest BCUT2D eigenvalue weighted by atomic mass is 32.1. The number of rotatable bonds is 8. The number of carboxylic acids is 1. The van der Waals surface area contributed by atoms with Crippen LogP contribution in [0, 0.1) is 0 Å². The van der Waals surface area contributed by atoms with Gasteiger partial charge in [0, 0.05) is 24.0 Å². The number of carboxylic acid groups (broad SMARTS) is 1. The molecule has 1 heterocycles. The Kier molecular flexibility index (Phi) is 5.51. The van der Waals surface area contributed by atoms with E-state index < -0.39 is 5.97 Å². The third-order valence-electron chi connectivity index (χ3n) is 3.85. The third kappa shape index (κ3) is 4.01. The van der Waals surface area contributed by atoms with Crippen molar-refractivity contribution in [2.45, 2.75) is 51.7 Å². The van der Waals surface area contributed by atoms with E-state index in [1.165, 1.54) is 5.01 Å². The fourth-order valence-corrected chi connectivity index (χ4v) is 3.31. The molecule has 20 heavy (non-hydrogen) atoms. The van der Waals surface area contributed by atoms with Crippen molar-refractivity contribution in [3.05, 3.63) is 16.1 Å². The molecule has 0 amide bonds. The van der Waals surface area contributed by atoms with E-state index in [0.29, 0.717) is 12.1 Å². The summed E-state index contributed by atoms with van der Waals surface area (Å²) in [6, 6.07) is 0.907. The first-order valence-corrected chi connectivity index (χ1v) is 8.12. The first-order valence-electron chi connectivity index (χ1n) is 7.24. The van der Waals surface area contributed by atoms with Gasteiger partial charge in [-0.15, -0.1) is 11.3 Å². The molecule has 1 aromatic heterocycles. The van der Waals surface area contributed by atoms with Crippen LogP contribution in [0.4, 0.5) is 0 Å². The number of carbonyl (C=O) groups is 1. The molecule has 0 aromatic carbocycles. The van der Waals surface area contributed by atoms with Crippen molar-refractivity contribution in [3.63, 3.8) is 0 Å². The molecule has 0 bridgehead atoms. The smallest absolute Gasteiger partial charge is 0.317 e. The van der Waals surface area contributed by atoms with Crippen LogP contribution in [-0.4, -0.2) is 46.1 Å². The zero-order chi connectivity index (χ0) is 14.5. The maximum absolute atomic E-state index is 10.8. The lowest BCUT2D eigenvalue weighted by Gasteiger charge is -2.42. The Morgan fingerprint density at radius 1 is 1.55 bits per heavy atom. The van der Waals surface area contributed by atoms with E-state index in [1.807, 2.05) is 11.8 Å². The molecule has 0 spiro atoms. The van der Waals surface area contributed by atoms with Gasteiger partial charge in [-0.3, -0.25) is 9.69 Å². The summed E-state index contributed by atoms with van der Waals surface area (Å²) in [7, 11) is 0. The second-order valence-electron chi connectivity index (χ2n) is 5.25. The van der Waals surface area contributed by atoms with Crippen molar-refractivity contribution in [1.82, 2.24) is 15.2 Å². The molecule has 1 fully saturated rings. The number of likely N-dealkylation sites (N-methyl/N-ethyl adjacent to an activating group) is 1. The maximum Gasteiger partial charge on any atom is 0.317 e. The van der Waals surface area contributed by atoms with Gasteiger partial charge in [0.05, 0.1) is 17.2 Å². The standard InChI is InChI=1S/C14H23N3O2S/c1-3-13-16-11(9-20-13)7-15-10-5-12(6-10)17(4-2)8-14(18)19/h9-10,12,15H,3-8H2,1-2H3,(H,18,19). The van der Waals surface area contributed by atoms with E-state index in [4.69, 9.17) is 5.11 Å². The summed E-state index contributed by atoms with van der Waals surface area (Å²) in [5, 5.41) is 15.7. The van der Waals surface area contributed by atoms with Gasteiger partial charge in [-0.05, 0) is 25.8 Å². The monoisotopic (exact) mass is 297 g/mol. The van der Waals surface area contributed by atoms with Crippen molar-refractivity contribution in [3.8, 4) is 0 Å². The largest absolute Gasteiger partial charge is 0.480 e. The van der Waals surface area contributed by atoms with Gasteiger partial charge in [0.2, 0.25) is 0 Å². The van der Waals surface area contributed by atoms with E-state index in [0.717, 1.165) is 38.0 Å². The number of hydrogen-bond acceptors (Lipinski definition) is 5. The molecule has 1 aliphatic carbocycles. The number of aryl methyl sites for hydroxylation is 1. The second-order valence-corrected chi connectivity index (χ2v) is 6.19. The topological polar surface area (TPSA) is 65.5 Å². The molecule has 0 aliphatic heterocycles. The van der Waals surface area contributed by atoms with Crippen LogP contribution < -0.4 is 5.32 Å². The van der Waals surface area contributed by atoms with Crippen LogP contribution in [0.1, 0.15) is 37.4 Å². The van der Waals surface area contributed by atoms with Crippen LogP contribution in [-0.2, 0) is 17.8 Å². The SMILES string of the molecule is CCc1nc(CNC2CC(N(CC)CC(=O)O)C2)cs1. The number of hydrogen-bond donors (Lipinski definition) is 2. The Labute approximate surface area is 124 Å². The van der Waals surface area contributed by atoms with Gasteiger partial charge < -0.3 is 10.4 Å². The highest BCUT2D eigenvalue weighted by Gasteiger charge is 2.33. The molecule has 1 aromatic rings. The molecule has 1 aliphatic rings. The molecule has 0 unspecified atom stereocenters. The van der Waals surface area contributed by atoms with Crippen LogP contribution in [0.25, 0.3) is 0 Å². The first kappa shape index (κ1) is 15.4. The van der Waals surface area contributed by atoms with Crippen LogP contribution in [0.15, 0.2) is 5.38 Å². The Hall–Kier alpha value is -0.980. The molecular formula is C14H23N3O2S. The Morgan fingerprint density at radius 2 is 2.30 bits per heavy atom. The highest BCUT2D eigenvalue weighted by molar-refractivity contribution is 7.09. The number of aliphatic carboxylic acids is 1. The summed E-state index contributed by atoms with van der Waals surface area (Å²) in [5.41, 5.74) is 1.12. The van der Waals surface area contributed by atoms with Crippen LogP contribution in [0.5, 0.6) is 0 Å². The van der Waals surface area contributed by atoms with Gasteiger partial charge in [0.25, 0.3) is 0 Å². The molecule has 112 valence electrons. The lowest BCUT2D eigenvalue weighted by atomic mass is 9.85. The third-order valence-corrected chi connectivity index (χ3v) is 4.89. The molecule has 0 saturated heterocycles. The fourth-order valence-electron chi connectivity index (χ4n) is 2.57. The minimum absolute atomic E-state index is 0.153. The van der Waals surface area contributed by atoms with Crippen molar-refractivity contribution in [1.29, 1.82) is 0 Å². The van der Waals surface area contributed by atoms with Gasteiger partial charge in [0.1, 0.15) is 0 Å². The summed E-state index contributed by atoms with van der Waals surface area (Å²) < 4.78 is 0. The average molecular weight is 297 g/mol. The molecular weight excluding hydrogens is 274 g/mol. The van der Waals surface area contributed by atoms with Crippen molar-refractivity contribution < 1.29 is 9.90 Å². The molecule has 2 rings (SSSR count).